The Kier molecular flexibility index (Phi) is 3.76. The Hall–Kier alpha value is -1.06. The van der Waals surface area contributed by atoms with Crippen LogP contribution < -0.4 is 10.6 Å². The van der Waals surface area contributed by atoms with Gasteiger partial charge in [-0.2, -0.15) is 0 Å². The van der Waals surface area contributed by atoms with Gasteiger partial charge in [-0.05, 0) is 56.0 Å². The Bertz CT molecular complexity index is 432. The highest BCUT2D eigenvalue weighted by Gasteiger charge is 2.31. The van der Waals surface area contributed by atoms with Crippen molar-refractivity contribution in [1.82, 2.24) is 4.90 Å². The van der Waals surface area contributed by atoms with Crippen LogP contribution in [-0.2, 0) is 6.42 Å². The molecule has 0 atom stereocenters. The molecule has 1 saturated carbocycles. The molecular weight excluding hydrogens is 234 g/mol. The van der Waals surface area contributed by atoms with Crippen LogP contribution >= 0.6 is 0 Å². The number of piperazine rings is 1. The Morgan fingerprint density at radius 3 is 2.47 bits per heavy atom. The molecule has 1 aliphatic heterocycles. The highest BCUT2D eigenvalue weighted by molar-refractivity contribution is 5.51. The van der Waals surface area contributed by atoms with Crippen molar-refractivity contribution in [2.24, 2.45) is 5.73 Å². The second-order valence-corrected chi connectivity index (χ2v) is 5.90. The normalized spacial score (nSPS) is 20.8. The summed E-state index contributed by atoms with van der Waals surface area (Å²) in [6.45, 7) is 7.75. The van der Waals surface area contributed by atoms with E-state index in [1.54, 1.807) is 0 Å². The van der Waals surface area contributed by atoms with Gasteiger partial charge in [0.05, 0.1) is 0 Å². The molecule has 0 aromatic heterocycles. The minimum absolute atomic E-state index is 0.736. The number of hydrogen-bond donors (Lipinski definition) is 1. The van der Waals surface area contributed by atoms with Crippen molar-refractivity contribution in [3.05, 3.63) is 29.3 Å². The van der Waals surface area contributed by atoms with Crippen molar-refractivity contribution in [2.45, 2.75) is 32.2 Å². The van der Waals surface area contributed by atoms with Crippen LogP contribution in [0.2, 0.25) is 0 Å². The van der Waals surface area contributed by atoms with Gasteiger partial charge in [0.25, 0.3) is 0 Å². The summed E-state index contributed by atoms with van der Waals surface area (Å²) in [5.74, 6) is 0. The maximum atomic E-state index is 5.64. The van der Waals surface area contributed by atoms with Crippen molar-refractivity contribution < 1.29 is 0 Å². The number of benzene rings is 1. The molecule has 0 amide bonds. The van der Waals surface area contributed by atoms with Gasteiger partial charge in [-0.15, -0.1) is 0 Å². The minimum atomic E-state index is 0.736. The van der Waals surface area contributed by atoms with E-state index in [1.807, 2.05) is 0 Å². The van der Waals surface area contributed by atoms with E-state index in [2.05, 4.69) is 34.9 Å². The summed E-state index contributed by atoms with van der Waals surface area (Å²) in [5.41, 5.74) is 9.80. The molecule has 0 unspecified atom stereocenters. The molecule has 1 saturated heterocycles. The average Bonchev–Trinajstić information content (AvgIpc) is 3.26. The molecule has 0 radical (unpaired) electrons. The highest BCUT2D eigenvalue weighted by atomic mass is 15.3. The summed E-state index contributed by atoms with van der Waals surface area (Å²) in [7, 11) is 0. The molecular formula is C16H25N3. The van der Waals surface area contributed by atoms with Gasteiger partial charge in [-0.1, -0.05) is 6.07 Å². The van der Waals surface area contributed by atoms with Gasteiger partial charge in [-0.25, -0.2) is 0 Å². The van der Waals surface area contributed by atoms with Crippen LogP contribution in [0.15, 0.2) is 18.2 Å². The lowest BCUT2D eigenvalue weighted by molar-refractivity contribution is 0.248. The summed E-state index contributed by atoms with van der Waals surface area (Å²) >= 11 is 0. The third kappa shape index (κ3) is 2.93. The standard InChI is InChI=1S/C16H25N3/c1-13-12-16(3-2-14(13)6-7-17)19-10-8-18(9-11-19)15-4-5-15/h2-3,12,15H,4-11,17H2,1H3. The van der Waals surface area contributed by atoms with Crippen molar-refractivity contribution in [1.29, 1.82) is 0 Å². The fourth-order valence-electron chi connectivity index (χ4n) is 3.10. The van der Waals surface area contributed by atoms with Gasteiger partial charge in [0.2, 0.25) is 0 Å². The fraction of sp³-hybridized carbons (Fsp3) is 0.625. The summed E-state index contributed by atoms with van der Waals surface area (Å²) in [5, 5.41) is 0. The Morgan fingerprint density at radius 1 is 1.16 bits per heavy atom. The fourth-order valence-corrected chi connectivity index (χ4v) is 3.10. The number of nitrogens with zero attached hydrogens (tertiary/aromatic N) is 2. The molecule has 3 heteroatoms. The first-order valence-electron chi connectivity index (χ1n) is 7.56. The van der Waals surface area contributed by atoms with E-state index in [9.17, 15) is 0 Å². The quantitative estimate of drug-likeness (QED) is 0.894. The van der Waals surface area contributed by atoms with Gasteiger partial charge in [0.15, 0.2) is 0 Å². The number of anilines is 1. The van der Waals surface area contributed by atoms with E-state index >= 15 is 0 Å². The van der Waals surface area contributed by atoms with E-state index < -0.39 is 0 Å². The first kappa shape index (κ1) is 12.9. The van der Waals surface area contributed by atoms with E-state index in [0.29, 0.717) is 0 Å². The zero-order valence-electron chi connectivity index (χ0n) is 11.9. The summed E-state index contributed by atoms with van der Waals surface area (Å²) in [4.78, 5) is 5.18. The van der Waals surface area contributed by atoms with Gasteiger partial charge < -0.3 is 10.6 Å². The van der Waals surface area contributed by atoms with Crippen molar-refractivity contribution >= 4 is 5.69 Å². The zero-order chi connectivity index (χ0) is 13.2. The van der Waals surface area contributed by atoms with Gasteiger partial charge >= 0.3 is 0 Å². The summed E-state index contributed by atoms with van der Waals surface area (Å²) < 4.78 is 0. The average molecular weight is 259 g/mol. The van der Waals surface area contributed by atoms with Crippen LogP contribution in [0.5, 0.6) is 0 Å². The molecule has 3 nitrogen and oxygen atoms in total. The van der Waals surface area contributed by atoms with Crippen molar-refractivity contribution in [3.63, 3.8) is 0 Å². The molecule has 1 aromatic rings. The first-order valence-corrected chi connectivity index (χ1v) is 7.56. The number of nitrogens with two attached hydrogens (primary N) is 1. The van der Waals surface area contributed by atoms with Crippen LogP contribution in [0.3, 0.4) is 0 Å². The first-order chi connectivity index (χ1) is 9.28. The predicted octanol–water partition coefficient (Wildman–Crippen LogP) is 1.78. The Labute approximate surface area is 116 Å². The molecule has 19 heavy (non-hydrogen) atoms. The predicted molar refractivity (Wildman–Crippen MR) is 80.7 cm³/mol. The molecule has 2 N–H and O–H groups in total. The number of hydrogen-bond acceptors (Lipinski definition) is 3. The Morgan fingerprint density at radius 2 is 1.89 bits per heavy atom. The van der Waals surface area contributed by atoms with Gasteiger partial charge in [0.1, 0.15) is 0 Å². The molecule has 1 heterocycles. The molecule has 1 aromatic carbocycles. The van der Waals surface area contributed by atoms with Crippen molar-refractivity contribution in [2.75, 3.05) is 37.6 Å². The van der Waals surface area contributed by atoms with E-state index in [0.717, 1.165) is 19.0 Å². The molecule has 0 spiro atoms. The van der Waals surface area contributed by atoms with Crippen molar-refractivity contribution in [3.8, 4) is 0 Å². The molecule has 0 bridgehead atoms. The third-order valence-corrected chi connectivity index (χ3v) is 4.48. The third-order valence-electron chi connectivity index (χ3n) is 4.48. The second-order valence-electron chi connectivity index (χ2n) is 5.90. The topological polar surface area (TPSA) is 32.5 Å². The number of rotatable bonds is 4. The van der Waals surface area contributed by atoms with Crippen LogP contribution in [-0.4, -0.2) is 43.7 Å². The minimum Gasteiger partial charge on any atom is -0.369 e. The number of aryl methyl sites for hydroxylation is 1. The Balaban J connectivity index is 1.64. The smallest absolute Gasteiger partial charge is 0.0369 e. The lowest BCUT2D eigenvalue weighted by Crippen LogP contribution is -2.47. The van der Waals surface area contributed by atoms with Crippen LogP contribution in [0.1, 0.15) is 24.0 Å². The monoisotopic (exact) mass is 259 g/mol. The maximum absolute atomic E-state index is 5.64. The zero-order valence-corrected chi connectivity index (χ0v) is 11.9. The highest BCUT2D eigenvalue weighted by Crippen LogP contribution is 2.28. The van der Waals surface area contributed by atoms with Crippen LogP contribution in [0.4, 0.5) is 5.69 Å². The van der Waals surface area contributed by atoms with E-state index in [1.165, 1.54) is 55.8 Å². The summed E-state index contributed by atoms with van der Waals surface area (Å²) in [6, 6.07) is 7.77. The van der Waals surface area contributed by atoms with Crippen LogP contribution in [0.25, 0.3) is 0 Å². The SMILES string of the molecule is Cc1cc(N2CCN(C3CC3)CC2)ccc1CCN. The largest absolute Gasteiger partial charge is 0.369 e. The molecule has 2 aliphatic rings. The van der Waals surface area contributed by atoms with E-state index in [4.69, 9.17) is 5.73 Å². The summed E-state index contributed by atoms with van der Waals surface area (Å²) in [6.07, 6.45) is 3.83. The lowest BCUT2D eigenvalue weighted by atomic mass is 10.0. The molecule has 104 valence electrons. The molecule has 2 fully saturated rings. The lowest BCUT2D eigenvalue weighted by Gasteiger charge is -2.36. The van der Waals surface area contributed by atoms with Gasteiger partial charge in [-0.3, -0.25) is 4.90 Å². The van der Waals surface area contributed by atoms with Gasteiger partial charge in [0, 0.05) is 37.9 Å². The second kappa shape index (κ2) is 5.51. The maximum Gasteiger partial charge on any atom is 0.0369 e. The molecule has 1 aliphatic carbocycles. The molecule has 3 rings (SSSR count). The van der Waals surface area contributed by atoms with Crippen LogP contribution in [0, 0.1) is 6.92 Å². The van der Waals surface area contributed by atoms with E-state index in [-0.39, 0.29) is 0 Å².